The number of halogens is 8. The van der Waals surface area contributed by atoms with Gasteiger partial charge in [-0.1, -0.05) is 0 Å². The molecule has 0 N–H and O–H groups in total. The zero-order valence-corrected chi connectivity index (χ0v) is 15.4. The topological polar surface area (TPSA) is 0 Å². The Labute approximate surface area is 142 Å². The molecular weight excluding hydrogens is 380 g/mol. The normalized spacial score (nSPS) is 5.45. The van der Waals surface area contributed by atoms with E-state index in [-0.39, 0.29) is 95.7 Å². The Bertz CT molecular complexity index is 27.6. The van der Waals surface area contributed by atoms with E-state index in [1.807, 2.05) is 0 Å². The van der Waals surface area contributed by atoms with Crippen molar-refractivity contribution in [3.05, 3.63) is 0 Å². The van der Waals surface area contributed by atoms with E-state index in [1.54, 1.807) is 0 Å². The van der Waals surface area contributed by atoms with Crippen LogP contribution in [0.4, 0.5) is 0 Å². The van der Waals surface area contributed by atoms with E-state index in [0.29, 0.717) is 0 Å². The van der Waals surface area contributed by atoms with Gasteiger partial charge in [-0.2, -0.15) is 0 Å². The fourth-order valence-corrected chi connectivity index (χ4v) is 0. The molecule has 0 radical (unpaired) electrons. The Morgan fingerprint density at radius 2 is 0.545 bits per heavy atom. The Balaban J connectivity index is -0.00000000533. The van der Waals surface area contributed by atoms with Crippen molar-refractivity contribution in [2.45, 2.75) is 0 Å². The summed E-state index contributed by atoms with van der Waals surface area (Å²) in [5, 5.41) is 0. The van der Waals surface area contributed by atoms with E-state index in [4.69, 9.17) is 37.2 Å². The van der Waals surface area contributed by atoms with E-state index in [2.05, 4.69) is 0 Å². The molecule has 0 nitrogen and oxygen atoms in total. The van der Waals surface area contributed by atoms with E-state index < -0.39 is 12.3 Å². The maximum Gasteiger partial charge on any atom is 2.00 e. The molecule has 0 aliphatic rings. The number of hydrogen-bond donors (Lipinski definition) is 0. The largest absolute Gasteiger partial charge is 2.00 e. The van der Waals surface area contributed by atoms with Crippen molar-refractivity contribution in [2.75, 3.05) is 0 Å². The third kappa shape index (κ3) is 110. The third-order valence-corrected chi connectivity index (χ3v) is 0. The van der Waals surface area contributed by atoms with Gasteiger partial charge in [-0.05, 0) is 0 Å². The second-order valence-electron chi connectivity index (χ2n) is 0.429. The van der Waals surface area contributed by atoms with E-state index in [9.17, 15) is 0 Å². The van der Waals surface area contributed by atoms with Crippen LogP contribution in [0.25, 0.3) is 0 Å². The molecule has 11 heavy (non-hydrogen) atoms. The Morgan fingerprint density at radius 1 is 0.545 bits per heavy atom. The Morgan fingerprint density at radius 3 is 0.545 bits per heavy atom. The van der Waals surface area contributed by atoms with Crippen molar-refractivity contribution in [3.63, 3.8) is 0 Å². The van der Waals surface area contributed by atoms with Gasteiger partial charge in [0.25, 0.3) is 0 Å². The van der Waals surface area contributed by atoms with Crippen molar-refractivity contribution in [2.24, 2.45) is 0 Å². The van der Waals surface area contributed by atoms with Crippen LogP contribution in [0, 0.1) is 0 Å². The van der Waals surface area contributed by atoms with Crippen LogP contribution in [0.1, 0.15) is 0 Å². The molecule has 0 aliphatic carbocycles. The molecule has 0 amide bonds. The fourth-order valence-electron chi connectivity index (χ4n) is 0. The minimum atomic E-state index is -3.11. The molecule has 0 heterocycles. The standard InChI is InChI=1S/8ClH.2Mg.Ti/h8*1H;;;/q;;;;;;;;2*+2;+4/p-8. The van der Waals surface area contributed by atoms with Gasteiger partial charge in [0.15, 0.2) is 0 Å². The van der Waals surface area contributed by atoms with Crippen LogP contribution < -0.4 is 49.6 Å². The maximum atomic E-state index is 5.01. The summed E-state index contributed by atoms with van der Waals surface area (Å²) in [6, 6.07) is 0. The van der Waals surface area contributed by atoms with Gasteiger partial charge in [0.2, 0.25) is 0 Å². The summed E-state index contributed by atoms with van der Waals surface area (Å²) in [7, 11) is 20.1. The Hall–Kier alpha value is 4.57. The van der Waals surface area contributed by atoms with Crippen molar-refractivity contribution in [1.29, 1.82) is 0 Å². The molecule has 0 fully saturated rings. The molecule has 0 aromatic heterocycles. The first-order chi connectivity index (χ1) is 2.00. The summed E-state index contributed by atoms with van der Waals surface area (Å²) < 4.78 is 0. The summed E-state index contributed by atoms with van der Waals surface area (Å²) in [4.78, 5) is 0. The molecule has 0 rings (SSSR count). The zero-order chi connectivity index (χ0) is 4.50. The first kappa shape index (κ1) is 45.0. The van der Waals surface area contributed by atoms with Crippen LogP contribution in [0.3, 0.4) is 0 Å². The first-order valence-electron chi connectivity index (χ1n) is 0.756. The maximum absolute atomic E-state index is 5.01. The molecule has 0 bridgehead atoms. The zero-order valence-electron chi connectivity index (χ0n) is 4.94. The third-order valence-electron chi connectivity index (χ3n) is 0. The smallest absolute Gasteiger partial charge is 2.00 e. The molecule has 64 valence electrons. The average Bonchev–Trinajstić information content (AvgIpc) is 0.722. The molecule has 0 spiro atoms. The number of hydrogen-bond acceptors (Lipinski definition) is 0. The molecule has 0 saturated heterocycles. The van der Waals surface area contributed by atoms with Crippen molar-refractivity contribution in [1.82, 2.24) is 0 Å². The average molecular weight is 380 g/mol. The molecular formula is Cl8Mg2Ti. The van der Waals surface area contributed by atoms with Gasteiger partial charge in [0.1, 0.15) is 0 Å². The predicted molar refractivity (Wildman–Crippen MR) is 34.9 cm³/mol. The molecule has 11 heteroatoms. The van der Waals surface area contributed by atoms with Crippen LogP contribution in [-0.4, -0.2) is 46.1 Å². The van der Waals surface area contributed by atoms with Crippen LogP contribution in [0.5, 0.6) is 0 Å². The van der Waals surface area contributed by atoms with Crippen LogP contribution in [0.2, 0.25) is 0 Å². The van der Waals surface area contributed by atoms with Crippen LogP contribution >= 0.6 is 37.2 Å². The fraction of sp³-hybridized carbons (Fsp3) is 0. The minimum absolute atomic E-state index is 0. The predicted octanol–water partition coefficient (Wildman–Crippen LogP) is -9.99. The molecule has 0 aromatic carbocycles. The first-order valence-corrected chi connectivity index (χ1v) is 9.35. The van der Waals surface area contributed by atoms with E-state index in [0.717, 1.165) is 0 Å². The van der Waals surface area contributed by atoms with Crippen LogP contribution in [-0.2, 0) is 12.3 Å². The van der Waals surface area contributed by atoms with E-state index >= 15 is 0 Å². The second kappa shape index (κ2) is 24.0. The van der Waals surface area contributed by atoms with Crippen LogP contribution in [0.15, 0.2) is 0 Å². The van der Waals surface area contributed by atoms with Gasteiger partial charge in [-0.25, -0.2) is 0 Å². The van der Waals surface area contributed by atoms with Crippen molar-refractivity contribution in [3.8, 4) is 0 Å². The molecule has 0 atom stereocenters. The summed E-state index contributed by atoms with van der Waals surface area (Å²) in [6.45, 7) is 0. The molecule has 0 saturated carbocycles. The van der Waals surface area contributed by atoms with Gasteiger partial charge in [-0.3, -0.25) is 0 Å². The van der Waals surface area contributed by atoms with Crippen molar-refractivity contribution < 1.29 is 62.0 Å². The van der Waals surface area contributed by atoms with Gasteiger partial charge < -0.3 is 49.6 Å². The van der Waals surface area contributed by atoms with Crippen molar-refractivity contribution >= 4 is 83.3 Å². The van der Waals surface area contributed by atoms with Gasteiger partial charge in [0.05, 0.1) is 0 Å². The SMILES string of the molecule is [Cl-].[Cl-].[Cl-].[Cl-].[Cl][Ti]([Cl])([Cl])[Cl].[Mg+2].[Mg+2]. The minimum Gasteiger partial charge on any atom is 2.00 e. The van der Waals surface area contributed by atoms with Gasteiger partial charge >= 0.3 is 95.7 Å². The monoisotopic (exact) mass is 376 g/mol. The summed E-state index contributed by atoms with van der Waals surface area (Å²) >= 11 is -3.11. The molecule has 0 aliphatic heterocycles. The summed E-state index contributed by atoms with van der Waals surface area (Å²) in [5.74, 6) is 0. The molecule has 0 aromatic rings. The Kier molecular flexibility index (Phi) is 98.2. The molecule has 0 unspecified atom stereocenters. The van der Waals surface area contributed by atoms with Gasteiger partial charge in [0, 0.05) is 0 Å². The second-order valence-corrected chi connectivity index (χ2v) is 15.9. The summed E-state index contributed by atoms with van der Waals surface area (Å²) in [6.07, 6.45) is 0. The summed E-state index contributed by atoms with van der Waals surface area (Å²) in [5.41, 5.74) is 0. The van der Waals surface area contributed by atoms with Gasteiger partial charge in [-0.15, -0.1) is 0 Å². The number of rotatable bonds is 0. The van der Waals surface area contributed by atoms with E-state index in [1.165, 1.54) is 0 Å². The quantitative estimate of drug-likeness (QED) is 0.367.